The van der Waals surface area contributed by atoms with E-state index in [1.165, 1.54) is 5.56 Å². The van der Waals surface area contributed by atoms with Crippen molar-refractivity contribution in [2.45, 2.75) is 46.5 Å². The monoisotopic (exact) mass is 293 g/mol. The van der Waals surface area contributed by atoms with E-state index in [1.54, 1.807) is 0 Å². The molecule has 0 aromatic heterocycles. The number of amides is 1. The molecule has 2 rings (SSSR count). The summed E-state index contributed by atoms with van der Waals surface area (Å²) in [6.45, 7) is 10.1. The SMILES string of the molecule is Cc1cc(C2CCN(C(=O)CC(C)(C)C)C2)ccc1Cl. The fourth-order valence-electron chi connectivity index (χ4n) is 2.75. The Bertz CT molecular complexity index is 504. The van der Waals surface area contributed by atoms with Gasteiger partial charge < -0.3 is 4.90 Å². The highest BCUT2D eigenvalue weighted by Crippen LogP contribution is 2.31. The molecule has 0 spiro atoms. The molecule has 0 aliphatic carbocycles. The number of carbonyl (C=O) groups is 1. The Morgan fingerprint density at radius 2 is 2.10 bits per heavy atom. The van der Waals surface area contributed by atoms with Gasteiger partial charge in [-0.2, -0.15) is 0 Å². The molecule has 1 unspecified atom stereocenters. The van der Waals surface area contributed by atoms with Crippen LogP contribution in [0.15, 0.2) is 18.2 Å². The number of nitrogens with zero attached hydrogens (tertiary/aromatic N) is 1. The number of carbonyl (C=O) groups excluding carboxylic acids is 1. The predicted octanol–water partition coefficient (Wildman–Crippen LogP) is 4.40. The third kappa shape index (κ3) is 3.76. The molecule has 1 aromatic rings. The quantitative estimate of drug-likeness (QED) is 0.791. The van der Waals surface area contributed by atoms with E-state index in [1.807, 2.05) is 17.9 Å². The normalized spacial score (nSPS) is 19.4. The van der Waals surface area contributed by atoms with Crippen LogP contribution in [0, 0.1) is 12.3 Å². The molecule has 1 heterocycles. The topological polar surface area (TPSA) is 20.3 Å². The van der Waals surface area contributed by atoms with Crippen molar-refractivity contribution in [3.8, 4) is 0 Å². The molecule has 1 atom stereocenters. The minimum atomic E-state index is 0.0615. The summed E-state index contributed by atoms with van der Waals surface area (Å²) in [5, 5.41) is 0.812. The molecular formula is C17H24ClNO. The summed E-state index contributed by atoms with van der Waals surface area (Å²) in [4.78, 5) is 14.3. The average molecular weight is 294 g/mol. The summed E-state index contributed by atoms with van der Waals surface area (Å²) >= 11 is 6.07. The molecule has 3 heteroatoms. The van der Waals surface area contributed by atoms with Gasteiger partial charge in [0.1, 0.15) is 0 Å². The van der Waals surface area contributed by atoms with Gasteiger partial charge in [-0.1, -0.05) is 44.5 Å². The molecule has 0 bridgehead atoms. The number of hydrogen-bond acceptors (Lipinski definition) is 1. The summed E-state index contributed by atoms with van der Waals surface area (Å²) in [7, 11) is 0. The van der Waals surface area contributed by atoms with Crippen molar-refractivity contribution < 1.29 is 4.79 Å². The molecule has 0 radical (unpaired) electrons. The van der Waals surface area contributed by atoms with E-state index in [2.05, 4.69) is 32.9 Å². The Hall–Kier alpha value is -1.02. The van der Waals surface area contributed by atoms with Crippen LogP contribution in [-0.2, 0) is 4.79 Å². The molecule has 1 fully saturated rings. The van der Waals surface area contributed by atoms with Crippen molar-refractivity contribution in [2.24, 2.45) is 5.41 Å². The molecule has 1 saturated heterocycles. The first-order chi connectivity index (χ1) is 9.26. The number of aryl methyl sites for hydroxylation is 1. The Kier molecular flexibility index (Phi) is 4.43. The van der Waals surface area contributed by atoms with Crippen LogP contribution in [0.1, 0.15) is 50.7 Å². The van der Waals surface area contributed by atoms with Crippen LogP contribution >= 0.6 is 11.6 Å². The second-order valence-electron chi connectivity index (χ2n) is 7.07. The van der Waals surface area contributed by atoms with Crippen molar-refractivity contribution >= 4 is 17.5 Å². The van der Waals surface area contributed by atoms with E-state index in [0.717, 1.165) is 30.1 Å². The first-order valence-electron chi connectivity index (χ1n) is 7.30. The van der Waals surface area contributed by atoms with E-state index < -0.39 is 0 Å². The van der Waals surface area contributed by atoms with E-state index in [0.29, 0.717) is 12.3 Å². The van der Waals surface area contributed by atoms with Crippen LogP contribution in [-0.4, -0.2) is 23.9 Å². The molecule has 0 N–H and O–H groups in total. The van der Waals surface area contributed by atoms with Crippen LogP contribution in [0.25, 0.3) is 0 Å². The van der Waals surface area contributed by atoms with Crippen molar-refractivity contribution in [2.75, 3.05) is 13.1 Å². The second-order valence-corrected chi connectivity index (χ2v) is 7.48. The zero-order valence-corrected chi connectivity index (χ0v) is 13.6. The molecule has 1 amide bonds. The molecule has 1 aromatic carbocycles. The Balaban J connectivity index is 2.01. The maximum Gasteiger partial charge on any atom is 0.223 e. The van der Waals surface area contributed by atoms with Crippen molar-refractivity contribution in [1.82, 2.24) is 4.90 Å². The Morgan fingerprint density at radius 3 is 2.70 bits per heavy atom. The van der Waals surface area contributed by atoms with Gasteiger partial charge >= 0.3 is 0 Å². The van der Waals surface area contributed by atoms with Gasteiger partial charge in [0.25, 0.3) is 0 Å². The number of benzene rings is 1. The largest absolute Gasteiger partial charge is 0.342 e. The number of halogens is 1. The van der Waals surface area contributed by atoms with Gasteiger partial charge in [-0.15, -0.1) is 0 Å². The molecule has 110 valence electrons. The minimum Gasteiger partial charge on any atom is -0.342 e. The summed E-state index contributed by atoms with van der Waals surface area (Å²) in [6, 6.07) is 6.22. The van der Waals surface area contributed by atoms with E-state index in [-0.39, 0.29) is 11.3 Å². The van der Waals surface area contributed by atoms with Crippen molar-refractivity contribution in [3.63, 3.8) is 0 Å². The van der Waals surface area contributed by atoms with Crippen LogP contribution in [0.3, 0.4) is 0 Å². The lowest BCUT2D eigenvalue weighted by molar-refractivity contribution is -0.132. The number of rotatable bonds is 2. The van der Waals surface area contributed by atoms with Gasteiger partial charge in [-0.05, 0) is 36.0 Å². The van der Waals surface area contributed by atoms with Crippen LogP contribution in [0.4, 0.5) is 0 Å². The summed E-state index contributed by atoms with van der Waals surface area (Å²) in [5.41, 5.74) is 2.48. The fraction of sp³-hybridized carbons (Fsp3) is 0.588. The standard InChI is InChI=1S/C17H24ClNO/c1-12-9-13(5-6-15(12)18)14-7-8-19(11-14)16(20)10-17(2,3)4/h5-6,9,14H,7-8,10-11H2,1-4H3. The van der Waals surface area contributed by atoms with Crippen molar-refractivity contribution in [3.05, 3.63) is 34.3 Å². The molecule has 0 saturated carbocycles. The second kappa shape index (κ2) is 5.77. The lowest BCUT2D eigenvalue weighted by Crippen LogP contribution is -2.31. The molecular weight excluding hydrogens is 270 g/mol. The molecule has 1 aliphatic heterocycles. The summed E-state index contributed by atoms with van der Waals surface area (Å²) < 4.78 is 0. The van der Waals surface area contributed by atoms with Crippen molar-refractivity contribution in [1.29, 1.82) is 0 Å². The van der Waals surface area contributed by atoms with Gasteiger partial charge in [0, 0.05) is 30.5 Å². The molecule has 20 heavy (non-hydrogen) atoms. The van der Waals surface area contributed by atoms with Gasteiger partial charge in [0.15, 0.2) is 0 Å². The van der Waals surface area contributed by atoms with Crippen LogP contribution in [0.5, 0.6) is 0 Å². The van der Waals surface area contributed by atoms with Gasteiger partial charge in [0.05, 0.1) is 0 Å². The molecule has 1 aliphatic rings. The Morgan fingerprint density at radius 1 is 1.40 bits per heavy atom. The number of hydrogen-bond donors (Lipinski definition) is 0. The van der Waals surface area contributed by atoms with Gasteiger partial charge in [-0.3, -0.25) is 4.79 Å². The summed E-state index contributed by atoms with van der Waals surface area (Å²) in [5.74, 6) is 0.737. The first kappa shape index (κ1) is 15.4. The van der Waals surface area contributed by atoms with E-state index in [4.69, 9.17) is 11.6 Å². The lowest BCUT2D eigenvalue weighted by atomic mass is 9.91. The fourth-order valence-corrected chi connectivity index (χ4v) is 2.86. The first-order valence-corrected chi connectivity index (χ1v) is 7.68. The van der Waals surface area contributed by atoms with E-state index >= 15 is 0 Å². The van der Waals surface area contributed by atoms with Gasteiger partial charge in [0.2, 0.25) is 5.91 Å². The highest BCUT2D eigenvalue weighted by molar-refractivity contribution is 6.31. The predicted molar refractivity (Wildman–Crippen MR) is 84.2 cm³/mol. The zero-order chi connectivity index (χ0) is 14.9. The maximum absolute atomic E-state index is 12.3. The highest BCUT2D eigenvalue weighted by Gasteiger charge is 2.29. The highest BCUT2D eigenvalue weighted by atomic mass is 35.5. The smallest absolute Gasteiger partial charge is 0.223 e. The molecule has 2 nitrogen and oxygen atoms in total. The van der Waals surface area contributed by atoms with Crippen LogP contribution in [0.2, 0.25) is 5.02 Å². The average Bonchev–Trinajstić information content (AvgIpc) is 2.80. The summed E-state index contributed by atoms with van der Waals surface area (Å²) in [6.07, 6.45) is 1.68. The maximum atomic E-state index is 12.3. The minimum absolute atomic E-state index is 0.0615. The lowest BCUT2D eigenvalue weighted by Gasteiger charge is -2.23. The third-order valence-electron chi connectivity index (χ3n) is 3.88. The third-order valence-corrected chi connectivity index (χ3v) is 4.30. The number of likely N-dealkylation sites (tertiary alicyclic amines) is 1. The Labute approximate surface area is 127 Å². The van der Waals surface area contributed by atoms with Crippen LogP contribution < -0.4 is 0 Å². The van der Waals surface area contributed by atoms with E-state index in [9.17, 15) is 4.79 Å². The van der Waals surface area contributed by atoms with Gasteiger partial charge in [-0.25, -0.2) is 0 Å². The zero-order valence-electron chi connectivity index (χ0n) is 12.9.